The van der Waals surface area contributed by atoms with Gasteiger partial charge in [-0.25, -0.2) is 8.42 Å². The minimum Gasteiger partial charge on any atom is -0.496 e. The van der Waals surface area contributed by atoms with E-state index < -0.39 is 22.5 Å². The van der Waals surface area contributed by atoms with E-state index in [-0.39, 0.29) is 32.6 Å². The van der Waals surface area contributed by atoms with Crippen LogP contribution in [-0.4, -0.2) is 28.0 Å². The highest BCUT2D eigenvalue weighted by atomic mass is 35.5. The van der Waals surface area contributed by atoms with Crippen molar-refractivity contribution in [2.24, 2.45) is 0 Å². The van der Waals surface area contributed by atoms with Crippen LogP contribution in [0.4, 0.5) is 5.69 Å². The van der Waals surface area contributed by atoms with E-state index in [0.29, 0.717) is 0 Å². The van der Waals surface area contributed by atoms with Crippen molar-refractivity contribution in [3.8, 4) is 5.75 Å². The Kier molecular flexibility index (Phi) is 8.93. The molecule has 6 nitrogen and oxygen atoms in total. The fraction of sp³-hybridized carbons (Fsp3) is 0.296. The van der Waals surface area contributed by atoms with Gasteiger partial charge < -0.3 is 10.1 Å². The minimum absolute atomic E-state index is 0.0505. The van der Waals surface area contributed by atoms with Gasteiger partial charge in [0.15, 0.2) is 0 Å². The van der Waals surface area contributed by atoms with Crippen molar-refractivity contribution in [1.82, 2.24) is 5.32 Å². The normalized spacial score (nSPS) is 12.3. The maximum atomic E-state index is 13.5. The molecule has 9 heteroatoms. The highest BCUT2D eigenvalue weighted by Crippen LogP contribution is 2.33. The predicted molar refractivity (Wildman–Crippen MR) is 146 cm³/mol. The molecule has 0 aliphatic rings. The number of ether oxygens (including phenoxy) is 1. The van der Waals surface area contributed by atoms with Crippen molar-refractivity contribution in [1.29, 1.82) is 0 Å². The third-order valence-corrected chi connectivity index (χ3v) is 8.06. The van der Waals surface area contributed by atoms with Crippen LogP contribution in [0.1, 0.15) is 49.4 Å². The summed E-state index contributed by atoms with van der Waals surface area (Å²) in [4.78, 5) is 13.3. The van der Waals surface area contributed by atoms with Crippen LogP contribution in [-0.2, 0) is 14.8 Å². The van der Waals surface area contributed by atoms with Crippen LogP contribution in [0.15, 0.2) is 65.6 Å². The summed E-state index contributed by atoms with van der Waals surface area (Å²) in [5, 5.41) is 3.46. The quantitative estimate of drug-likeness (QED) is 0.330. The SMILES string of the molecule is COc1cc(C)c([C@@H](C)NC(=O)CN(c2cc(Cl)cc(Cl)c2)S(=O)(=O)c2ccccc2)cc1C(C)C. The molecule has 0 heterocycles. The molecule has 0 aliphatic heterocycles. The third kappa shape index (κ3) is 6.33. The summed E-state index contributed by atoms with van der Waals surface area (Å²) in [5.41, 5.74) is 3.11. The molecule has 192 valence electrons. The first kappa shape index (κ1) is 27.8. The third-order valence-electron chi connectivity index (χ3n) is 5.84. The summed E-state index contributed by atoms with van der Waals surface area (Å²) in [6.07, 6.45) is 0. The second kappa shape index (κ2) is 11.5. The van der Waals surface area contributed by atoms with Crippen molar-refractivity contribution < 1.29 is 17.9 Å². The summed E-state index contributed by atoms with van der Waals surface area (Å²) >= 11 is 12.3. The molecular formula is C27H30Cl2N2O4S. The Balaban J connectivity index is 1.94. The highest BCUT2D eigenvalue weighted by molar-refractivity contribution is 7.92. The molecule has 0 aliphatic carbocycles. The van der Waals surface area contributed by atoms with Gasteiger partial charge >= 0.3 is 0 Å². The van der Waals surface area contributed by atoms with Gasteiger partial charge in [-0.1, -0.05) is 55.2 Å². The lowest BCUT2D eigenvalue weighted by atomic mass is 9.93. The number of carbonyl (C=O) groups excluding carboxylic acids is 1. The van der Waals surface area contributed by atoms with Crippen LogP contribution in [0.5, 0.6) is 5.75 Å². The molecular weight excluding hydrogens is 519 g/mol. The average Bonchev–Trinajstić information content (AvgIpc) is 2.81. The molecule has 0 fully saturated rings. The number of hydrogen-bond acceptors (Lipinski definition) is 4. The van der Waals surface area contributed by atoms with Gasteiger partial charge in [-0.05, 0) is 78.9 Å². The first-order valence-corrected chi connectivity index (χ1v) is 13.6. The molecule has 36 heavy (non-hydrogen) atoms. The lowest BCUT2D eigenvalue weighted by Crippen LogP contribution is -2.41. The van der Waals surface area contributed by atoms with Crippen LogP contribution in [0.25, 0.3) is 0 Å². The number of halogens is 2. The summed E-state index contributed by atoms with van der Waals surface area (Å²) in [5.74, 6) is 0.545. The molecule has 0 saturated carbocycles. The highest BCUT2D eigenvalue weighted by Gasteiger charge is 2.28. The van der Waals surface area contributed by atoms with E-state index in [1.807, 2.05) is 26.0 Å². The average molecular weight is 550 g/mol. The van der Waals surface area contributed by atoms with Gasteiger partial charge in [-0.3, -0.25) is 9.10 Å². The number of sulfonamides is 1. The molecule has 1 N–H and O–H groups in total. The molecule has 1 atom stereocenters. The van der Waals surface area contributed by atoms with Gasteiger partial charge in [-0.15, -0.1) is 0 Å². The number of carbonyl (C=O) groups is 1. The fourth-order valence-electron chi connectivity index (χ4n) is 4.02. The molecule has 3 aromatic rings. The zero-order chi connectivity index (χ0) is 26.6. The number of nitrogens with zero attached hydrogens (tertiary/aromatic N) is 1. The van der Waals surface area contributed by atoms with Gasteiger partial charge in [0.1, 0.15) is 12.3 Å². The van der Waals surface area contributed by atoms with Crippen molar-refractivity contribution in [2.75, 3.05) is 18.0 Å². The molecule has 3 aromatic carbocycles. The first-order chi connectivity index (χ1) is 16.9. The largest absolute Gasteiger partial charge is 0.496 e. The summed E-state index contributed by atoms with van der Waals surface area (Å²) in [7, 11) is -2.45. The Bertz CT molecular complexity index is 1330. The molecule has 0 bridgehead atoms. The molecule has 0 spiro atoms. The van der Waals surface area contributed by atoms with Crippen LogP contribution >= 0.6 is 23.2 Å². The van der Waals surface area contributed by atoms with E-state index in [2.05, 4.69) is 19.2 Å². The Hall–Kier alpha value is -2.74. The topological polar surface area (TPSA) is 75.7 Å². The smallest absolute Gasteiger partial charge is 0.264 e. The van der Waals surface area contributed by atoms with Crippen molar-refractivity contribution >= 4 is 44.8 Å². The Morgan fingerprint density at radius 3 is 2.14 bits per heavy atom. The Morgan fingerprint density at radius 2 is 1.58 bits per heavy atom. The first-order valence-electron chi connectivity index (χ1n) is 11.5. The summed E-state index contributed by atoms with van der Waals surface area (Å²) in [6, 6.07) is 16.0. The van der Waals surface area contributed by atoms with Crippen LogP contribution in [0, 0.1) is 6.92 Å². The zero-order valence-corrected chi connectivity index (χ0v) is 23.2. The number of anilines is 1. The maximum absolute atomic E-state index is 13.5. The second-order valence-electron chi connectivity index (χ2n) is 8.85. The van der Waals surface area contributed by atoms with Gasteiger partial charge in [0.25, 0.3) is 10.0 Å². The Labute approximate surface area is 223 Å². The monoisotopic (exact) mass is 548 g/mol. The lowest BCUT2D eigenvalue weighted by Gasteiger charge is -2.26. The number of hydrogen-bond donors (Lipinski definition) is 1. The number of nitrogens with one attached hydrogen (secondary N) is 1. The maximum Gasteiger partial charge on any atom is 0.264 e. The summed E-state index contributed by atoms with van der Waals surface area (Å²) in [6.45, 7) is 7.50. The van der Waals surface area contributed by atoms with Crippen LogP contribution in [0.2, 0.25) is 10.0 Å². The molecule has 0 radical (unpaired) electrons. The number of benzene rings is 3. The van der Waals surface area contributed by atoms with Gasteiger partial charge in [0.2, 0.25) is 5.91 Å². The standard InChI is InChI=1S/C27H30Cl2N2O4S/c1-17(2)24-15-25(18(3)11-26(24)35-5)19(4)30-27(32)16-31(22-13-20(28)12-21(29)14-22)36(33,34)23-9-7-6-8-10-23/h6-15,17,19H,16H2,1-5H3,(H,30,32)/t19-/m1/s1. The van der Waals surface area contributed by atoms with Crippen LogP contribution in [0.3, 0.4) is 0 Å². The van der Waals surface area contributed by atoms with Crippen molar-refractivity contribution in [3.63, 3.8) is 0 Å². The van der Waals surface area contributed by atoms with E-state index >= 15 is 0 Å². The van der Waals surface area contributed by atoms with Crippen molar-refractivity contribution in [3.05, 3.63) is 87.4 Å². The lowest BCUT2D eigenvalue weighted by molar-refractivity contribution is -0.120. The number of methoxy groups -OCH3 is 1. The fourth-order valence-corrected chi connectivity index (χ4v) is 5.96. The minimum atomic E-state index is -4.08. The van der Waals surface area contributed by atoms with Crippen LogP contribution < -0.4 is 14.4 Å². The summed E-state index contributed by atoms with van der Waals surface area (Å²) < 4.78 is 33.6. The molecule has 0 unspecified atom stereocenters. The van der Waals surface area contributed by atoms with E-state index in [4.69, 9.17) is 27.9 Å². The molecule has 1 amide bonds. The van der Waals surface area contributed by atoms with Gasteiger partial charge in [0.05, 0.1) is 23.7 Å². The van der Waals surface area contributed by atoms with Gasteiger partial charge in [0, 0.05) is 10.0 Å². The number of aryl methyl sites for hydroxylation is 1. The van der Waals surface area contributed by atoms with Gasteiger partial charge in [-0.2, -0.15) is 0 Å². The predicted octanol–water partition coefficient (Wildman–Crippen LogP) is 6.51. The van der Waals surface area contributed by atoms with E-state index in [0.717, 1.165) is 26.7 Å². The molecule has 0 saturated heterocycles. The van der Waals surface area contributed by atoms with Crippen molar-refractivity contribution in [2.45, 2.75) is 44.6 Å². The molecule has 3 rings (SSSR count). The molecule has 0 aromatic heterocycles. The van der Waals surface area contributed by atoms with E-state index in [9.17, 15) is 13.2 Å². The zero-order valence-electron chi connectivity index (χ0n) is 20.9. The Morgan fingerprint density at radius 1 is 0.972 bits per heavy atom. The second-order valence-corrected chi connectivity index (χ2v) is 11.6. The number of amides is 1. The van der Waals surface area contributed by atoms with E-state index in [1.54, 1.807) is 25.3 Å². The van der Waals surface area contributed by atoms with E-state index in [1.165, 1.54) is 30.3 Å². The number of rotatable bonds is 9.